The number of aromatic amines is 1. The minimum atomic E-state index is -3.14. The number of halogens is 2. The van der Waals surface area contributed by atoms with Crippen LogP contribution in [0.15, 0.2) is 59.1 Å². The second-order valence-corrected chi connectivity index (χ2v) is 7.58. The van der Waals surface area contributed by atoms with Crippen LogP contribution in [-0.2, 0) is 9.59 Å². The number of allylic oxidation sites excluding steroid dienone is 2. The van der Waals surface area contributed by atoms with Crippen molar-refractivity contribution in [1.82, 2.24) is 4.98 Å². The Morgan fingerprint density at radius 1 is 1.09 bits per heavy atom. The average Bonchev–Trinajstić information content (AvgIpc) is 2.69. The number of fused-ring (bicyclic) bond motifs is 1. The molecule has 1 heterocycles. The number of aromatic carboxylic acids is 1. The topological polar surface area (TPSA) is 145 Å². The van der Waals surface area contributed by atoms with Gasteiger partial charge in [0.1, 0.15) is 0 Å². The van der Waals surface area contributed by atoms with Gasteiger partial charge in [-0.1, -0.05) is 36.4 Å². The second-order valence-electron chi connectivity index (χ2n) is 7.58. The molecule has 1 aliphatic carbocycles. The van der Waals surface area contributed by atoms with E-state index in [1.165, 1.54) is 31.3 Å². The van der Waals surface area contributed by atoms with Crippen molar-refractivity contribution < 1.29 is 38.5 Å². The van der Waals surface area contributed by atoms with Crippen LogP contribution in [0.25, 0.3) is 10.8 Å². The summed E-state index contributed by atoms with van der Waals surface area (Å²) >= 11 is 0. The van der Waals surface area contributed by atoms with Gasteiger partial charge in [0.05, 0.1) is 11.0 Å². The van der Waals surface area contributed by atoms with Gasteiger partial charge in [0.15, 0.2) is 0 Å². The largest absolute Gasteiger partial charge is 0.481 e. The Bertz CT molecular complexity index is 1180. The summed E-state index contributed by atoms with van der Waals surface area (Å²) in [6.07, 6.45) is 4.09. The van der Waals surface area contributed by atoms with Crippen molar-refractivity contribution >= 4 is 28.7 Å². The van der Waals surface area contributed by atoms with Gasteiger partial charge in [-0.3, -0.25) is 9.59 Å². The molecular formula is C22H21F2NO7. The quantitative estimate of drug-likeness (QED) is 0.546. The highest BCUT2D eigenvalue weighted by molar-refractivity contribution is 6.02. The normalized spacial score (nSPS) is 20.1. The summed E-state index contributed by atoms with van der Waals surface area (Å²) in [7, 11) is 0. The SMILES string of the molecule is CC(F)(F)CC1C(C(=O)O)=CC=CC1(C)C(=O)O.O=C(O)c1c[nH]c(=O)c2ccccc12. The number of H-pyrrole nitrogens is 1. The van der Waals surface area contributed by atoms with E-state index >= 15 is 0 Å². The smallest absolute Gasteiger partial charge is 0.337 e. The van der Waals surface area contributed by atoms with Gasteiger partial charge in [-0.2, -0.15) is 0 Å². The number of carboxylic acid groups (broad SMARTS) is 3. The number of hydrogen-bond donors (Lipinski definition) is 4. The number of pyridine rings is 1. The van der Waals surface area contributed by atoms with E-state index in [-0.39, 0.29) is 16.7 Å². The van der Waals surface area contributed by atoms with Crippen molar-refractivity contribution in [3.63, 3.8) is 0 Å². The molecule has 8 nitrogen and oxygen atoms in total. The number of rotatable bonds is 5. The van der Waals surface area contributed by atoms with E-state index in [9.17, 15) is 28.0 Å². The van der Waals surface area contributed by atoms with Crippen molar-refractivity contribution in [2.24, 2.45) is 11.3 Å². The predicted octanol–water partition coefficient (Wildman–Crippen LogP) is 3.55. The van der Waals surface area contributed by atoms with Gasteiger partial charge in [0.2, 0.25) is 5.92 Å². The van der Waals surface area contributed by atoms with Crippen molar-refractivity contribution in [1.29, 1.82) is 0 Å². The van der Waals surface area contributed by atoms with Crippen molar-refractivity contribution in [2.75, 3.05) is 0 Å². The highest BCUT2D eigenvalue weighted by Crippen LogP contribution is 2.43. The summed E-state index contributed by atoms with van der Waals surface area (Å²) in [5, 5.41) is 27.8. The van der Waals surface area contributed by atoms with Crippen molar-refractivity contribution in [3.05, 3.63) is 70.2 Å². The fourth-order valence-electron chi connectivity index (χ4n) is 3.41. The van der Waals surface area contributed by atoms with Crippen LogP contribution in [0.1, 0.15) is 30.6 Å². The number of aromatic nitrogens is 1. The number of alkyl halides is 2. The maximum Gasteiger partial charge on any atom is 0.337 e. The van der Waals surface area contributed by atoms with Gasteiger partial charge in [-0.15, -0.1) is 0 Å². The molecule has 0 bridgehead atoms. The lowest BCUT2D eigenvalue weighted by molar-refractivity contribution is -0.149. The summed E-state index contributed by atoms with van der Waals surface area (Å²) in [6.45, 7) is 1.89. The Kier molecular flexibility index (Phi) is 6.97. The number of benzene rings is 1. The van der Waals surface area contributed by atoms with E-state index in [1.54, 1.807) is 24.3 Å². The number of hydrogen-bond acceptors (Lipinski definition) is 4. The monoisotopic (exact) mass is 449 g/mol. The standard InChI is InChI=1S/C12H14F2O4.C10H7NO3/c1-11(10(17)18)5-3-4-7(9(15)16)8(11)6-12(2,13)14;12-9-7-4-2-1-3-6(7)8(5-11-9)10(13)14/h3-5,8H,6H2,1-2H3,(H,15,16)(H,17,18);1-5H,(H,11,12)(H,13,14). The Balaban J connectivity index is 0.000000233. The summed E-state index contributed by atoms with van der Waals surface area (Å²) in [5.41, 5.74) is -2.10. The lowest BCUT2D eigenvalue weighted by Crippen LogP contribution is -2.40. The highest BCUT2D eigenvalue weighted by atomic mass is 19.3. The molecule has 2 unspecified atom stereocenters. The molecule has 3 rings (SSSR count). The molecule has 0 amide bonds. The summed E-state index contributed by atoms with van der Waals surface area (Å²) in [5.74, 6) is -8.14. The van der Waals surface area contributed by atoms with Crippen molar-refractivity contribution in [2.45, 2.75) is 26.2 Å². The third-order valence-electron chi connectivity index (χ3n) is 5.13. The van der Waals surface area contributed by atoms with Crippen LogP contribution in [0, 0.1) is 11.3 Å². The van der Waals surface area contributed by atoms with E-state index in [0.717, 1.165) is 0 Å². The third-order valence-corrected chi connectivity index (χ3v) is 5.13. The van der Waals surface area contributed by atoms with Crippen LogP contribution >= 0.6 is 0 Å². The van der Waals surface area contributed by atoms with Gasteiger partial charge in [-0.25, -0.2) is 18.4 Å². The molecule has 1 aromatic carbocycles. The molecule has 0 fully saturated rings. The Labute approximate surface area is 180 Å². The number of nitrogens with one attached hydrogen (secondary N) is 1. The molecule has 170 valence electrons. The molecule has 1 aliphatic rings. The Hall–Kier alpha value is -3.82. The fraction of sp³-hybridized carbons (Fsp3) is 0.273. The summed E-state index contributed by atoms with van der Waals surface area (Å²) in [6, 6.07) is 6.62. The molecule has 4 N–H and O–H groups in total. The summed E-state index contributed by atoms with van der Waals surface area (Å²) < 4.78 is 26.2. The van der Waals surface area contributed by atoms with Crippen LogP contribution < -0.4 is 5.56 Å². The summed E-state index contributed by atoms with van der Waals surface area (Å²) in [4.78, 5) is 46.7. The molecule has 2 atom stereocenters. The molecular weight excluding hydrogens is 428 g/mol. The first-order valence-electron chi connectivity index (χ1n) is 9.35. The Morgan fingerprint density at radius 2 is 1.69 bits per heavy atom. The zero-order valence-corrected chi connectivity index (χ0v) is 17.1. The molecule has 0 saturated carbocycles. The number of carbonyl (C=O) groups is 3. The zero-order chi connectivity index (χ0) is 24.3. The van der Waals surface area contributed by atoms with E-state index in [0.29, 0.717) is 17.7 Å². The minimum absolute atomic E-state index is 0.111. The van der Waals surface area contributed by atoms with Crippen LogP contribution in [0.2, 0.25) is 0 Å². The minimum Gasteiger partial charge on any atom is -0.481 e. The van der Waals surface area contributed by atoms with Gasteiger partial charge >= 0.3 is 17.9 Å². The van der Waals surface area contributed by atoms with Gasteiger partial charge in [0.25, 0.3) is 5.56 Å². The van der Waals surface area contributed by atoms with Crippen LogP contribution in [-0.4, -0.2) is 44.1 Å². The van der Waals surface area contributed by atoms with Gasteiger partial charge in [-0.05, 0) is 19.9 Å². The van der Waals surface area contributed by atoms with E-state index in [2.05, 4.69) is 4.98 Å². The lowest BCUT2D eigenvalue weighted by Gasteiger charge is -2.35. The molecule has 10 heteroatoms. The highest BCUT2D eigenvalue weighted by Gasteiger charge is 2.47. The molecule has 2 aromatic rings. The van der Waals surface area contributed by atoms with Crippen molar-refractivity contribution in [3.8, 4) is 0 Å². The van der Waals surface area contributed by atoms with E-state index < -0.39 is 41.6 Å². The van der Waals surface area contributed by atoms with Crippen LogP contribution in [0.3, 0.4) is 0 Å². The van der Waals surface area contributed by atoms with E-state index in [1.807, 2.05) is 0 Å². The average molecular weight is 449 g/mol. The van der Waals surface area contributed by atoms with Crippen LogP contribution in [0.5, 0.6) is 0 Å². The fourth-order valence-corrected chi connectivity index (χ4v) is 3.41. The molecule has 0 aliphatic heterocycles. The van der Waals surface area contributed by atoms with E-state index in [4.69, 9.17) is 15.3 Å². The number of aliphatic carboxylic acids is 2. The predicted molar refractivity (Wildman–Crippen MR) is 111 cm³/mol. The molecule has 32 heavy (non-hydrogen) atoms. The Morgan fingerprint density at radius 3 is 2.19 bits per heavy atom. The first-order chi connectivity index (χ1) is 14.8. The molecule has 0 radical (unpaired) electrons. The molecule has 0 spiro atoms. The van der Waals surface area contributed by atoms with Crippen LogP contribution in [0.4, 0.5) is 8.78 Å². The lowest BCUT2D eigenvalue weighted by atomic mass is 9.68. The second kappa shape index (κ2) is 9.13. The first kappa shape index (κ1) is 24.4. The first-order valence-corrected chi connectivity index (χ1v) is 9.35. The third kappa shape index (κ3) is 5.26. The maximum absolute atomic E-state index is 13.1. The van der Waals surface area contributed by atoms with Gasteiger partial charge < -0.3 is 20.3 Å². The van der Waals surface area contributed by atoms with Gasteiger partial charge in [0, 0.05) is 34.9 Å². The maximum atomic E-state index is 13.1. The molecule has 1 aromatic heterocycles. The number of carboxylic acids is 3. The zero-order valence-electron chi connectivity index (χ0n) is 17.1. The molecule has 0 saturated heterocycles.